The number of cyclic esters (lactones) is 1. The molecule has 1 aliphatic heterocycles. The summed E-state index contributed by atoms with van der Waals surface area (Å²) < 4.78 is 24.4. The minimum Gasteiger partial charge on any atom is -0.444 e. The summed E-state index contributed by atoms with van der Waals surface area (Å²) in [5, 5.41) is 13.5. The number of nitrogens with zero attached hydrogens (tertiary/aromatic N) is 1. The van der Waals surface area contributed by atoms with Gasteiger partial charge in [-0.2, -0.15) is 0 Å². The van der Waals surface area contributed by atoms with Crippen molar-refractivity contribution in [3.05, 3.63) is 36.0 Å². The second-order valence-corrected chi connectivity index (χ2v) is 13.1. The first-order valence-corrected chi connectivity index (χ1v) is 13.2. The lowest BCUT2D eigenvalue weighted by molar-refractivity contribution is -0.156. The topological polar surface area (TPSA) is 125 Å². The van der Waals surface area contributed by atoms with Gasteiger partial charge in [-0.25, -0.2) is 14.4 Å². The molecule has 0 bridgehead atoms. The molecule has 216 valence electrons. The third-order valence-corrected chi connectivity index (χ3v) is 6.00. The van der Waals surface area contributed by atoms with Gasteiger partial charge in [0.15, 0.2) is 5.60 Å². The highest BCUT2D eigenvalue weighted by Crippen LogP contribution is 2.40. The number of amides is 1. The number of ether oxygens (including phenoxy) is 4. The van der Waals surface area contributed by atoms with Crippen LogP contribution >= 0.6 is 0 Å². The predicted octanol–water partition coefficient (Wildman–Crippen LogP) is 4.93. The van der Waals surface area contributed by atoms with E-state index in [1.165, 1.54) is 4.57 Å². The fourth-order valence-electron chi connectivity index (χ4n) is 4.35. The maximum absolute atomic E-state index is 13.5. The number of aromatic nitrogens is 1. The van der Waals surface area contributed by atoms with Crippen LogP contribution in [-0.2, 0) is 30.2 Å². The van der Waals surface area contributed by atoms with E-state index in [0.29, 0.717) is 11.1 Å². The molecule has 2 heterocycles. The molecule has 2 aromatic rings. The Morgan fingerprint density at radius 2 is 1.67 bits per heavy atom. The summed E-state index contributed by atoms with van der Waals surface area (Å²) in [6.45, 7) is 15.7. The van der Waals surface area contributed by atoms with Gasteiger partial charge >= 0.3 is 18.2 Å². The lowest BCUT2D eigenvalue weighted by atomic mass is 9.87. The third-order valence-electron chi connectivity index (χ3n) is 6.00. The standard InChI is InChI=1S/C29H42N2O8/c1-26(2,3)23-36-22(33)29(37-23,15-19(17-32)30-24(34)38-27(4,5)6)14-18-16-31(25(35)39-28(7,8)9)21-13-11-10-12-20(18)21/h10-13,16,19,23,32H,14-15,17H2,1-9H3,(H,30,34)/t19-,23-,29-/m0/s1. The number of aliphatic hydroxyl groups excluding tert-OH is 1. The van der Waals surface area contributed by atoms with Crippen molar-refractivity contribution < 1.29 is 38.4 Å². The van der Waals surface area contributed by atoms with E-state index in [-0.39, 0.29) is 12.8 Å². The second kappa shape index (κ2) is 10.8. The summed E-state index contributed by atoms with van der Waals surface area (Å²) in [5.74, 6) is -0.610. The van der Waals surface area contributed by atoms with Crippen LogP contribution in [0.4, 0.5) is 9.59 Å². The van der Waals surface area contributed by atoms with Gasteiger partial charge in [-0.3, -0.25) is 4.57 Å². The Hall–Kier alpha value is -3.11. The Morgan fingerprint density at radius 3 is 2.21 bits per heavy atom. The molecule has 1 aromatic carbocycles. The van der Waals surface area contributed by atoms with Gasteiger partial charge in [0, 0.05) is 29.8 Å². The van der Waals surface area contributed by atoms with Crippen LogP contribution in [0.15, 0.2) is 30.5 Å². The van der Waals surface area contributed by atoms with Gasteiger partial charge in [-0.1, -0.05) is 39.0 Å². The number of fused-ring (bicyclic) bond motifs is 1. The zero-order chi connectivity index (χ0) is 29.4. The number of carbonyl (C=O) groups is 3. The first-order valence-electron chi connectivity index (χ1n) is 13.2. The van der Waals surface area contributed by atoms with E-state index >= 15 is 0 Å². The fourth-order valence-corrected chi connectivity index (χ4v) is 4.35. The van der Waals surface area contributed by atoms with Crippen molar-refractivity contribution in [1.82, 2.24) is 9.88 Å². The molecular weight excluding hydrogens is 504 g/mol. The maximum Gasteiger partial charge on any atom is 0.419 e. The van der Waals surface area contributed by atoms with Crippen molar-refractivity contribution >= 4 is 29.1 Å². The number of carbonyl (C=O) groups excluding carboxylic acids is 3. The number of aliphatic hydroxyl groups is 1. The molecule has 3 rings (SSSR count). The number of hydrogen-bond acceptors (Lipinski definition) is 8. The van der Waals surface area contributed by atoms with Crippen molar-refractivity contribution in [2.75, 3.05) is 6.61 Å². The van der Waals surface area contributed by atoms with Gasteiger partial charge in [-0.15, -0.1) is 0 Å². The summed E-state index contributed by atoms with van der Waals surface area (Å²) >= 11 is 0. The van der Waals surface area contributed by atoms with Gasteiger partial charge in [0.05, 0.1) is 18.2 Å². The summed E-state index contributed by atoms with van der Waals surface area (Å²) in [7, 11) is 0. The Bertz CT molecular complexity index is 1210. The van der Waals surface area contributed by atoms with E-state index in [1.807, 2.05) is 39.0 Å². The summed E-state index contributed by atoms with van der Waals surface area (Å²) in [5.41, 5.74) is -2.27. The average Bonchev–Trinajstić information content (AvgIpc) is 3.29. The summed E-state index contributed by atoms with van der Waals surface area (Å²) in [6.07, 6.45) is -0.554. The Balaban J connectivity index is 2.02. The molecule has 10 heteroatoms. The molecule has 0 radical (unpaired) electrons. The summed E-state index contributed by atoms with van der Waals surface area (Å²) in [4.78, 5) is 39.0. The molecule has 0 spiro atoms. The molecule has 39 heavy (non-hydrogen) atoms. The molecule has 1 amide bonds. The number of nitrogens with one attached hydrogen (secondary N) is 1. The number of esters is 1. The molecule has 0 saturated carbocycles. The van der Waals surface area contributed by atoms with Crippen molar-refractivity contribution in [3.63, 3.8) is 0 Å². The van der Waals surface area contributed by atoms with Crippen molar-refractivity contribution in [2.45, 2.75) is 104 Å². The molecule has 1 saturated heterocycles. The van der Waals surface area contributed by atoms with Gasteiger partial charge < -0.3 is 29.4 Å². The van der Waals surface area contributed by atoms with E-state index in [4.69, 9.17) is 18.9 Å². The monoisotopic (exact) mass is 546 g/mol. The summed E-state index contributed by atoms with van der Waals surface area (Å²) in [6, 6.07) is 6.42. The Kier molecular flexibility index (Phi) is 8.43. The van der Waals surface area contributed by atoms with Crippen LogP contribution in [0.1, 0.15) is 74.3 Å². The maximum atomic E-state index is 13.5. The highest BCUT2D eigenvalue weighted by atomic mass is 16.8. The van der Waals surface area contributed by atoms with E-state index in [1.54, 1.807) is 53.8 Å². The van der Waals surface area contributed by atoms with Crippen LogP contribution in [0.25, 0.3) is 10.9 Å². The van der Waals surface area contributed by atoms with Crippen LogP contribution in [0.2, 0.25) is 0 Å². The van der Waals surface area contributed by atoms with Crippen LogP contribution in [0.5, 0.6) is 0 Å². The first kappa shape index (κ1) is 30.4. The highest BCUT2D eigenvalue weighted by molar-refractivity contribution is 5.93. The average molecular weight is 547 g/mol. The fraction of sp³-hybridized carbons (Fsp3) is 0.621. The molecule has 0 unspecified atom stereocenters. The second-order valence-electron chi connectivity index (χ2n) is 13.1. The third kappa shape index (κ3) is 7.51. The van der Waals surface area contributed by atoms with E-state index in [0.717, 1.165) is 5.39 Å². The van der Waals surface area contributed by atoms with E-state index in [2.05, 4.69) is 5.32 Å². The van der Waals surface area contributed by atoms with Gasteiger partial charge in [0.1, 0.15) is 11.2 Å². The largest absolute Gasteiger partial charge is 0.444 e. The van der Waals surface area contributed by atoms with Gasteiger partial charge in [-0.05, 0) is 53.2 Å². The van der Waals surface area contributed by atoms with Crippen molar-refractivity contribution in [2.24, 2.45) is 5.41 Å². The van der Waals surface area contributed by atoms with Crippen molar-refractivity contribution in [3.8, 4) is 0 Å². The number of alkyl carbamates (subject to hydrolysis) is 1. The zero-order valence-electron chi connectivity index (χ0n) is 24.4. The van der Waals surface area contributed by atoms with Crippen LogP contribution < -0.4 is 5.32 Å². The number of hydrogen-bond donors (Lipinski definition) is 2. The Labute approximate surface area is 229 Å². The van der Waals surface area contributed by atoms with E-state index in [9.17, 15) is 19.5 Å². The number of rotatable bonds is 6. The van der Waals surface area contributed by atoms with Gasteiger partial charge in [0.2, 0.25) is 6.29 Å². The molecule has 1 fully saturated rings. The molecule has 10 nitrogen and oxygen atoms in total. The van der Waals surface area contributed by atoms with Crippen LogP contribution in [0.3, 0.4) is 0 Å². The molecule has 2 N–H and O–H groups in total. The van der Waals surface area contributed by atoms with E-state index < -0.39 is 59.3 Å². The number of para-hydroxylation sites is 1. The van der Waals surface area contributed by atoms with Crippen molar-refractivity contribution in [1.29, 1.82) is 0 Å². The normalized spacial score (nSPS) is 21.0. The van der Waals surface area contributed by atoms with Crippen LogP contribution in [-0.4, -0.2) is 63.6 Å². The van der Waals surface area contributed by atoms with Crippen LogP contribution in [0, 0.1) is 5.41 Å². The lowest BCUT2D eigenvalue weighted by Crippen LogP contribution is -2.50. The molecule has 1 aromatic heterocycles. The smallest absolute Gasteiger partial charge is 0.419 e. The number of benzene rings is 1. The lowest BCUT2D eigenvalue weighted by Gasteiger charge is -2.31. The minimum atomic E-state index is -1.55. The predicted molar refractivity (Wildman–Crippen MR) is 145 cm³/mol. The Morgan fingerprint density at radius 1 is 1.05 bits per heavy atom. The molecule has 3 atom stereocenters. The SMILES string of the molecule is CC(C)(C)OC(=O)N[C@H](CO)C[C@]1(Cc2cn(C(=O)OC(C)(C)C)c3ccccc23)O[C@@H](C(C)(C)C)OC1=O. The highest BCUT2D eigenvalue weighted by Gasteiger charge is 2.54. The molecule has 0 aliphatic carbocycles. The molecular formula is C29H42N2O8. The minimum absolute atomic E-state index is 0.0290. The van der Waals surface area contributed by atoms with Gasteiger partial charge in [0.25, 0.3) is 0 Å². The first-order chi connectivity index (χ1) is 17.8. The molecule has 1 aliphatic rings. The zero-order valence-corrected chi connectivity index (χ0v) is 24.4. The quantitative estimate of drug-likeness (QED) is 0.386.